The summed E-state index contributed by atoms with van der Waals surface area (Å²) in [5, 5.41) is 2.94. The van der Waals surface area contributed by atoms with Gasteiger partial charge in [-0.25, -0.2) is 4.98 Å². The van der Waals surface area contributed by atoms with Gasteiger partial charge in [-0.15, -0.1) is 0 Å². The first-order chi connectivity index (χ1) is 10.6. The third-order valence-electron chi connectivity index (χ3n) is 3.59. The number of hydrogen-bond acceptors (Lipinski definition) is 3. The number of amides is 1. The molecule has 0 aliphatic rings. The highest BCUT2D eigenvalue weighted by Crippen LogP contribution is 2.16. The van der Waals surface area contributed by atoms with Crippen molar-refractivity contribution in [2.75, 3.05) is 0 Å². The molecule has 0 saturated carbocycles. The van der Waals surface area contributed by atoms with Crippen molar-refractivity contribution in [2.24, 2.45) is 0 Å². The van der Waals surface area contributed by atoms with Gasteiger partial charge < -0.3 is 14.7 Å². The van der Waals surface area contributed by atoms with Gasteiger partial charge in [0.1, 0.15) is 17.3 Å². The van der Waals surface area contributed by atoms with Crippen molar-refractivity contribution in [3.63, 3.8) is 0 Å². The van der Waals surface area contributed by atoms with E-state index in [9.17, 15) is 4.79 Å². The van der Waals surface area contributed by atoms with Crippen LogP contribution in [0.2, 0.25) is 0 Å². The van der Waals surface area contributed by atoms with Gasteiger partial charge in [0.25, 0.3) is 0 Å². The fourth-order valence-electron chi connectivity index (χ4n) is 2.43. The predicted octanol–water partition coefficient (Wildman–Crippen LogP) is 3.27. The molecule has 0 bridgehead atoms. The van der Waals surface area contributed by atoms with Crippen molar-refractivity contribution >= 4 is 16.9 Å². The van der Waals surface area contributed by atoms with Crippen LogP contribution in [0.4, 0.5) is 0 Å². The molecule has 1 aromatic carbocycles. The molecular formula is C17H19N3O2. The van der Waals surface area contributed by atoms with Crippen LogP contribution in [0.3, 0.4) is 0 Å². The van der Waals surface area contributed by atoms with Gasteiger partial charge in [0.15, 0.2) is 0 Å². The zero-order valence-electron chi connectivity index (χ0n) is 12.7. The summed E-state index contributed by atoms with van der Waals surface area (Å²) < 4.78 is 5.52. The molecule has 1 atom stereocenters. The van der Waals surface area contributed by atoms with Crippen molar-refractivity contribution in [2.45, 2.75) is 32.7 Å². The number of fused-ring (bicyclic) bond motifs is 1. The number of rotatable bonds is 5. The molecule has 22 heavy (non-hydrogen) atoms. The third kappa shape index (κ3) is 3.19. The Morgan fingerprint density at radius 3 is 2.86 bits per heavy atom. The molecule has 0 radical (unpaired) electrons. The van der Waals surface area contributed by atoms with Crippen molar-refractivity contribution in [3.05, 3.63) is 53.7 Å². The van der Waals surface area contributed by atoms with E-state index in [2.05, 4.69) is 15.3 Å². The van der Waals surface area contributed by atoms with E-state index in [0.717, 1.165) is 28.4 Å². The Balaban J connectivity index is 1.55. The smallest absolute Gasteiger partial charge is 0.221 e. The monoisotopic (exact) mass is 297 g/mol. The standard InChI is InChI=1S/C17H19N3O2/c1-11-7-8-15(22-11)12(2)18-17(21)10-9-16-19-13-5-3-4-6-14(13)20-16/h3-8,12H,9-10H2,1-2H3,(H,18,21)(H,19,20). The topological polar surface area (TPSA) is 70.9 Å². The molecule has 1 amide bonds. The van der Waals surface area contributed by atoms with Gasteiger partial charge in [-0.05, 0) is 38.1 Å². The largest absolute Gasteiger partial charge is 0.464 e. The lowest BCUT2D eigenvalue weighted by Crippen LogP contribution is -2.26. The Labute approximate surface area is 128 Å². The second-order valence-corrected chi connectivity index (χ2v) is 5.44. The zero-order valence-corrected chi connectivity index (χ0v) is 12.7. The molecule has 0 spiro atoms. The molecule has 0 aliphatic carbocycles. The van der Waals surface area contributed by atoms with Crippen LogP contribution in [0.25, 0.3) is 11.0 Å². The fraction of sp³-hybridized carbons (Fsp3) is 0.294. The highest BCUT2D eigenvalue weighted by Gasteiger charge is 2.13. The number of imidazole rings is 1. The van der Waals surface area contributed by atoms with E-state index >= 15 is 0 Å². The number of carbonyl (C=O) groups is 1. The normalized spacial score (nSPS) is 12.5. The van der Waals surface area contributed by atoms with Gasteiger partial charge in [0, 0.05) is 12.8 Å². The summed E-state index contributed by atoms with van der Waals surface area (Å²) in [5.74, 6) is 2.44. The molecule has 1 unspecified atom stereocenters. The highest BCUT2D eigenvalue weighted by molar-refractivity contribution is 5.77. The van der Waals surface area contributed by atoms with Crippen LogP contribution in [0.5, 0.6) is 0 Å². The SMILES string of the molecule is Cc1ccc(C(C)NC(=O)CCc2nc3ccccc3[nH]2)o1. The van der Waals surface area contributed by atoms with Gasteiger partial charge in [0.2, 0.25) is 5.91 Å². The van der Waals surface area contributed by atoms with E-state index < -0.39 is 0 Å². The summed E-state index contributed by atoms with van der Waals surface area (Å²) in [6.45, 7) is 3.80. The average Bonchev–Trinajstić information content (AvgIpc) is 3.10. The number of aromatic amines is 1. The highest BCUT2D eigenvalue weighted by atomic mass is 16.3. The van der Waals surface area contributed by atoms with E-state index in [1.54, 1.807) is 0 Å². The number of benzene rings is 1. The number of nitrogens with zero attached hydrogens (tertiary/aromatic N) is 1. The molecule has 2 heterocycles. The zero-order chi connectivity index (χ0) is 15.5. The molecule has 114 valence electrons. The van der Waals surface area contributed by atoms with Crippen LogP contribution < -0.4 is 5.32 Å². The average molecular weight is 297 g/mol. The number of aromatic nitrogens is 2. The van der Waals surface area contributed by atoms with Gasteiger partial charge in [0.05, 0.1) is 17.1 Å². The van der Waals surface area contributed by atoms with Crippen molar-refractivity contribution in [1.29, 1.82) is 0 Å². The van der Waals surface area contributed by atoms with Crippen LogP contribution in [-0.4, -0.2) is 15.9 Å². The van der Waals surface area contributed by atoms with Crippen LogP contribution >= 0.6 is 0 Å². The first-order valence-corrected chi connectivity index (χ1v) is 7.41. The molecule has 3 rings (SSSR count). The van der Waals surface area contributed by atoms with E-state index in [1.807, 2.05) is 50.2 Å². The predicted molar refractivity (Wildman–Crippen MR) is 84.4 cm³/mol. The Morgan fingerprint density at radius 2 is 2.14 bits per heavy atom. The van der Waals surface area contributed by atoms with Crippen molar-refractivity contribution in [3.8, 4) is 0 Å². The minimum atomic E-state index is -0.128. The Kier molecular flexibility index (Phi) is 3.96. The van der Waals surface area contributed by atoms with Crippen LogP contribution in [0.1, 0.15) is 36.7 Å². The minimum absolute atomic E-state index is 0.0120. The molecule has 0 fully saturated rings. The van der Waals surface area contributed by atoms with Crippen molar-refractivity contribution in [1.82, 2.24) is 15.3 Å². The number of furan rings is 1. The molecule has 0 saturated heterocycles. The summed E-state index contributed by atoms with van der Waals surface area (Å²) >= 11 is 0. The van der Waals surface area contributed by atoms with E-state index in [1.165, 1.54) is 0 Å². The van der Waals surface area contributed by atoms with Gasteiger partial charge in [-0.3, -0.25) is 4.79 Å². The summed E-state index contributed by atoms with van der Waals surface area (Å²) in [7, 11) is 0. The number of aryl methyl sites for hydroxylation is 2. The molecule has 2 aromatic heterocycles. The van der Waals surface area contributed by atoms with E-state index in [4.69, 9.17) is 4.42 Å². The molecule has 0 aliphatic heterocycles. The van der Waals surface area contributed by atoms with Crippen LogP contribution in [-0.2, 0) is 11.2 Å². The molecule has 5 heteroatoms. The lowest BCUT2D eigenvalue weighted by Gasteiger charge is -2.11. The second-order valence-electron chi connectivity index (χ2n) is 5.44. The number of carbonyl (C=O) groups excluding carboxylic acids is 1. The van der Waals surface area contributed by atoms with Gasteiger partial charge >= 0.3 is 0 Å². The number of hydrogen-bond donors (Lipinski definition) is 2. The molecule has 3 aromatic rings. The first kappa shape index (κ1) is 14.4. The Bertz CT molecular complexity index is 755. The van der Waals surface area contributed by atoms with Crippen LogP contribution in [0.15, 0.2) is 40.8 Å². The maximum atomic E-state index is 12.0. The van der Waals surface area contributed by atoms with Crippen LogP contribution in [0, 0.1) is 6.92 Å². The minimum Gasteiger partial charge on any atom is -0.464 e. The van der Waals surface area contributed by atoms with Gasteiger partial charge in [-0.1, -0.05) is 12.1 Å². The Hall–Kier alpha value is -2.56. The number of H-pyrrole nitrogens is 1. The maximum absolute atomic E-state index is 12.0. The Morgan fingerprint density at radius 1 is 1.32 bits per heavy atom. The molecule has 2 N–H and O–H groups in total. The first-order valence-electron chi connectivity index (χ1n) is 7.41. The summed E-state index contributed by atoms with van der Waals surface area (Å²) in [6, 6.07) is 11.5. The fourth-order valence-corrected chi connectivity index (χ4v) is 2.43. The van der Waals surface area contributed by atoms with E-state index in [-0.39, 0.29) is 11.9 Å². The quantitative estimate of drug-likeness (QED) is 0.759. The molecule has 5 nitrogen and oxygen atoms in total. The summed E-state index contributed by atoms with van der Waals surface area (Å²) in [6.07, 6.45) is 0.980. The third-order valence-corrected chi connectivity index (χ3v) is 3.59. The second kappa shape index (κ2) is 6.05. The number of para-hydroxylation sites is 2. The number of nitrogens with one attached hydrogen (secondary N) is 2. The van der Waals surface area contributed by atoms with Crippen molar-refractivity contribution < 1.29 is 9.21 Å². The maximum Gasteiger partial charge on any atom is 0.221 e. The van der Waals surface area contributed by atoms with Gasteiger partial charge in [-0.2, -0.15) is 0 Å². The lowest BCUT2D eigenvalue weighted by atomic mass is 10.2. The molecular weight excluding hydrogens is 278 g/mol. The summed E-state index contributed by atoms with van der Waals surface area (Å²) in [5.41, 5.74) is 1.93. The summed E-state index contributed by atoms with van der Waals surface area (Å²) in [4.78, 5) is 19.7. The van der Waals surface area contributed by atoms with E-state index in [0.29, 0.717) is 12.8 Å². The lowest BCUT2D eigenvalue weighted by molar-refractivity contribution is -0.121.